The van der Waals surface area contributed by atoms with Gasteiger partial charge in [-0.05, 0) is 60.9 Å². The zero-order valence-electron chi connectivity index (χ0n) is 18.4. The first-order valence-electron chi connectivity index (χ1n) is 10.7. The van der Waals surface area contributed by atoms with Gasteiger partial charge in [0.1, 0.15) is 12.4 Å². The third-order valence-electron chi connectivity index (χ3n) is 5.52. The first-order chi connectivity index (χ1) is 15.4. The van der Waals surface area contributed by atoms with Crippen LogP contribution in [0.15, 0.2) is 60.8 Å². The van der Waals surface area contributed by atoms with E-state index in [0.29, 0.717) is 18.4 Å². The van der Waals surface area contributed by atoms with Gasteiger partial charge >= 0.3 is 6.09 Å². The molecule has 3 aromatic rings. The molecule has 1 aliphatic heterocycles. The Hall–Kier alpha value is -3.81. The maximum atomic E-state index is 12.2. The Labute approximate surface area is 187 Å². The highest BCUT2D eigenvalue weighted by atomic mass is 16.6. The Morgan fingerprint density at radius 3 is 2.34 bits per heavy atom. The van der Waals surface area contributed by atoms with Crippen LogP contribution in [0, 0.1) is 5.92 Å². The van der Waals surface area contributed by atoms with E-state index in [2.05, 4.69) is 34.4 Å². The van der Waals surface area contributed by atoms with Gasteiger partial charge in [0.2, 0.25) is 5.95 Å². The quantitative estimate of drug-likeness (QED) is 0.453. The van der Waals surface area contributed by atoms with Gasteiger partial charge in [0.15, 0.2) is 0 Å². The normalized spacial score (nSPS) is 16.7. The summed E-state index contributed by atoms with van der Waals surface area (Å²) < 4.78 is 5.24. The number of rotatable bonds is 7. The third kappa shape index (κ3) is 4.74. The number of anilines is 5. The molecule has 8 heteroatoms. The molecule has 1 amide bonds. The number of cyclic esters (lactones) is 1. The minimum Gasteiger partial charge on any atom is -0.447 e. The van der Waals surface area contributed by atoms with Crippen molar-refractivity contribution in [3.05, 3.63) is 66.4 Å². The van der Waals surface area contributed by atoms with E-state index < -0.39 is 0 Å². The zero-order valence-corrected chi connectivity index (χ0v) is 18.4. The van der Waals surface area contributed by atoms with Gasteiger partial charge in [-0.25, -0.2) is 9.78 Å². The van der Waals surface area contributed by atoms with E-state index in [0.717, 1.165) is 22.6 Å². The maximum Gasteiger partial charge on any atom is 0.415 e. The number of nitrogens with one attached hydrogen (secondary N) is 2. The van der Waals surface area contributed by atoms with E-state index in [-0.39, 0.29) is 24.1 Å². The molecule has 0 aliphatic carbocycles. The average Bonchev–Trinajstić information content (AvgIpc) is 3.18. The molecule has 2 heterocycles. The summed E-state index contributed by atoms with van der Waals surface area (Å²) in [6.45, 7) is 6.54. The predicted molar refractivity (Wildman–Crippen MR) is 127 cm³/mol. The van der Waals surface area contributed by atoms with Crippen LogP contribution in [-0.4, -0.2) is 28.7 Å². The highest BCUT2D eigenvalue weighted by molar-refractivity contribution is 5.89. The molecule has 32 heavy (non-hydrogen) atoms. The number of benzene rings is 2. The van der Waals surface area contributed by atoms with Crippen LogP contribution in [0.4, 0.5) is 33.6 Å². The van der Waals surface area contributed by atoms with Gasteiger partial charge in [-0.2, -0.15) is 4.98 Å². The van der Waals surface area contributed by atoms with Crippen molar-refractivity contribution in [1.82, 2.24) is 9.97 Å². The Balaban J connectivity index is 1.43. The van der Waals surface area contributed by atoms with Crippen molar-refractivity contribution in [2.75, 3.05) is 27.9 Å². The maximum absolute atomic E-state index is 12.2. The lowest BCUT2D eigenvalue weighted by molar-refractivity contribution is 0.177. The van der Waals surface area contributed by atoms with Crippen LogP contribution < -0.4 is 21.3 Å². The van der Waals surface area contributed by atoms with Gasteiger partial charge in [-0.15, -0.1) is 0 Å². The van der Waals surface area contributed by atoms with Crippen LogP contribution in [0.2, 0.25) is 0 Å². The van der Waals surface area contributed by atoms with Crippen LogP contribution >= 0.6 is 0 Å². The van der Waals surface area contributed by atoms with E-state index in [1.807, 2.05) is 55.5 Å². The smallest absolute Gasteiger partial charge is 0.415 e. The van der Waals surface area contributed by atoms with E-state index >= 15 is 0 Å². The van der Waals surface area contributed by atoms with E-state index in [4.69, 9.17) is 10.5 Å². The molecule has 4 rings (SSSR count). The molecule has 166 valence electrons. The lowest BCUT2D eigenvalue weighted by Crippen LogP contribution is -2.37. The van der Waals surface area contributed by atoms with Crippen molar-refractivity contribution in [2.24, 2.45) is 5.92 Å². The minimum atomic E-state index is -0.370. The summed E-state index contributed by atoms with van der Waals surface area (Å²) in [7, 11) is 0. The molecular weight excluding hydrogens is 404 g/mol. The summed E-state index contributed by atoms with van der Waals surface area (Å²) in [6, 6.07) is 17.4. The number of aromatic nitrogens is 2. The van der Waals surface area contributed by atoms with Crippen molar-refractivity contribution in [3.63, 3.8) is 0 Å². The van der Waals surface area contributed by atoms with Crippen molar-refractivity contribution in [3.8, 4) is 0 Å². The Bertz CT molecular complexity index is 1070. The van der Waals surface area contributed by atoms with Crippen LogP contribution in [0.1, 0.15) is 32.4 Å². The van der Waals surface area contributed by atoms with E-state index in [9.17, 15) is 4.79 Å². The number of nitrogens with two attached hydrogens (primary N) is 1. The van der Waals surface area contributed by atoms with Gasteiger partial charge in [0.05, 0.1) is 12.1 Å². The summed E-state index contributed by atoms with van der Waals surface area (Å²) in [6.07, 6.45) is 1.28. The highest BCUT2D eigenvalue weighted by Crippen LogP contribution is 2.27. The first kappa shape index (κ1) is 21.4. The second-order valence-corrected chi connectivity index (χ2v) is 8.23. The fraction of sp³-hybridized carbons (Fsp3) is 0.292. The zero-order chi connectivity index (χ0) is 22.7. The molecule has 2 atom stereocenters. The second-order valence-electron chi connectivity index (χ2n) is 8.23. The predicted octanol–water partition coefficient (Wildman–Crippen LogP) is 4.96. The van der Waals surface area contributed by atoms with Crippen LogP contribution in [-0.2, 0) is 4.74 Å². The Kier molecular flexibility index (Phi) is 6.11. The van der Waals surface area contributed by atoms with E-state index in [1.54, 1.807) is 17.2 Å². The molecule has 8 nitrogen and oxygen atoms in total. The highest BCUT2D eigenvalue weighted by Gasteiger charge is 2.37. The van der Waals surface area contributed by atoms with Crippen molar-refractivity contribution < 1.29 is 9.53 Å². The standard InChI is InChI=1S/C24H28N6O2/c1-15(2)21-14-32-24(31)30(21)22-12-13-26-23(29-22)27-16(3)17-4-8-19(9-5-17)28-20-10-6-18(25)7-11-20/h4-13,15-16,21,28H,14,25H2,1-3H3,(H,26,27,29)/t16?,21-/m1/s1. The molecule has 0 bridgehead atoms. The number of nitrogens with zero attached hydrogens (tertiary/aromatic N) is 3. The number of nitrogen functional groups attached to an aromatic ring is 1. The molecule has 1 aliphatic rings. The summed E-state index contributed by atoms with van der Waals surface area (Å²) in [5, 5.41) is 6.67. The van der Waals surface area contributed by atoms with Crippen LogP contribution in [0.25, 0.3) is 0 Å². The lowest BCUT2D eigenvalue weighted by atomic mass is 10.0. The molecule has 0 spiro atoms. The Morgan fingerprint density at radius 1 is 1.03 bits per heavy atom. The van der Waals surface area contributed by atoms with Crippen molar-refractivity contribution in [1.29, 1.82) is 0 Å². The van der Waals surface area contributed by atoms with Gasteiger partial charge < -0.3 is 21.1 Å². The molecule has 1 aromatic heterocycles. The van der Waals surface area contributed by atoms with E-state index in [1.165, 1.54) is 0 Å². The van der Waals surface area contributed by atoms with Gasteiger partial charge in [-0.3, -0.25) is 4.90 Å². The summed E-state index contributed by atoms with van der Waals surface area (Å²) >= 11 is 0. The number of amides is 1. The largest absolute Gasteiger partial charge is 0.447 e. The molecule has 1 saturated heterocycles. The lowest BCUT2D eigenvalue weighted by Gasteiger charge is -2.23. The van der Waals surface area contributed by atoms with Crippen molar-refractivity contribution >= 4 is 34.9 Å². The van der Waals surface area contributed by atoms with Gasteiger partial charge in [0, 0.05) is 23.3 Å². The fourth-order valence-electron chi connectivity index (χ4n) is 3.61. The molecule has 1 fully saturated rings. The number of carbonyl (C=O) groups excluding carboxylic acids is 1. The van der Waals surface area contributed by atoms with Gasteiger partial charge in [-0.1, -0.05) is 26.0 Å². The fourth-order valence-corrected chi connectivity index (χ4v) is 3.61. The molecular formula is C24H28N6O2. The topological polar surface area (TPSA) is 105 Å². The summed E-state index contributed by atoms with van der Waals surface area (Å²) in [5.41, 5.74) is 9.52. The average molecular weight is 433 g/mol. The molecule has 2 aromatic carbocycles. The SMILES string of the molecule is CC(Nc1nccc(N2C(=O)OC[C@@H]2C(C)C)n1)c1ccc(Nc2ccc(N)cc2)cc1. The monoisotopic (exact) mass is 432 g/mol. The molecule has 0 saturated carbocycles. The number of hydrogen-bond acceptors (Lipinski definition) is 7. The molecule has 1 unspecified atom stereocenters. The first-order valence-corrected chi connectivity index (χ1v) is 10.7. The summed E-state index contributed by atoms with van der Waals surface area (Å²) in [5.74, 6) is 1.26. The molecule has 0 radical (unpaired) electrons. The number of ether oxygens (including phenoxy) is 1. The third-order valence-corrected chi connectivity index (χ3v) is 5.52. The Morgan fingerprint density at radius 2 is 1.69 bits per heavy atom. The van der Waals surface area contributed by atoms with Crippen molar-refractivity contribution in [2.45, 2.75) is 32.9 Å². The van der Waals surface area contributed by atoms with Gasteiger partial charge in [0.25, 0.3) is 0 Å². The number of hydrogen-bond donors (Lipinski definition) is 3. The van der Waals surface area contributed by atoms with Crippen LogP contribution in [0.5, 0.6) is 0 Å². The molecule has 4 N–H and O–H groups in total. The number of carbonyl (C=O) groups is 1. The summed E-state index contributed by atoms with van der Waals surface area (Å²) in [4.78, 5) is 22.7. The minimum absolute atomic E-state index is 0.0257. The van der Waals surface area contributed by atoms with Crippen LogP contribution in [0.3, 0.4) is 0 Å². The second kappa shape index (κ2) is 9.13.